The molecule has 0 fully saturated rings. The van der Waals surface area contributed by atoms with Crippen molar-refractivity contribution in [2.45, 2.75) is 6.10 Å². The number of hydrogen-bond acceptors (Lipinski definition) is 2. The third-order valence-corrected chi connectivity index (χ3v) is 1.94. The van der Waals surface area contributed by atoms with Crippen LogP contribution in [0.4, 0.5) is 0 Å². The first-order valence-electron chi connectivity index (χ1n) is 4.66. The van der Waals surface area contributed by atoms with E-state index in [0.29, 0.717) is 12.2 Å². The van der Waals surface area contributed by atoms with Crippen LogP contribution < -0.4 is 0 Å². The van der Waals surface area contributed by atoms with Gasteiger partial charge in [0.1, 0.15) is 6.10 Å². The summed E-state index contributed by atoms with van der Waals surface area (Å²) in [5.41, 5.74) is 1.34. The summed E-state index contributed by atoms with van der Waals surface area (Å²) in [4.78, 5) is 0. The van der Waals surface area contributed by atoms with Crippen LogP contribution in [-0.4, -0.2) is 6.61 Å². The van der Waals surface area contributed by atoms with Gasteiger partial charge in [-0.15, -0.1) is 6.58 Å². The van der Waals surface area contributed by atoms with E-state index in [1.165, 1.54) is 0 Å². The second kappa shape index (κ2) is 5.79. The molecular formula is C13H13NO. The third-order valence-electron chi connectivity index (χ3n) is 1.94. The maximum atomic E-state index is 8.81. The molecule has 0 aliphatic heterocycles. The second-order valence-electron chi connectivity index (χ2n) is 3.05. The van der Waals surface area contributed by atoms with E-state index >= 15 is 0 Å². The molecule has 0 aromatic heterocycles. The molecule has 1 rings (SSSR count). The molecule has 2 heteroatoms. The average molecular weight is 199 g/mol. The van der Waals surface area contributed by atoms with Gasteiger partial charge in [0, 0.05) is 0 Å². The Hall–Kier alpha value is -1.85. The normalized spacial score (nSPS) is 11.4. The summed E-state index contributed by atoms with van der Waals surface area (Å²) in [6.07, 6.45) is 1.29. The molecule has 0 aliphatic rings. The quantitative estimate of drug-likeness (QED) is 0.539. The minimum absolute atomic E-state index is 0.366. The van der Waals surface area contributed by atoms with Gasteiger partial charge in [0.05, 0.1) is 18.2 Å². The Bertz CT molecular complexity index is 375. The molecule has 0 radical (unpaired) electrons. The van der Waals surface area contributed by atoms with Crippen molar-refractivity contribution in [3.63, 3.8) is 0 Å². The van der Waals surface area contributed by atoms with Crippen LogP contribution in [0.15, 0.2) is 55.1 Å². The fourth-order valence-electron chi connectivity index (χ4n) is 1.25. The molecular weight excluding hydrogens is 186 g/mol. The zero-order valence-corrected chi connectivity index (χ0v) is 8.52. The van der Waals surface area contributed by atoms with Crippen molar-refractivity contribution >= 4 is 0 Å². The van der Waals surface area contributed by atoms with Gasteiger partial charge in [-0.1, -0.05) is 43.0 Å². The van der Waals surface area contributed by atoms with Crippen molar-refractivity contribution in [1.29, 1.82) is 5.26 Å². The van der Waals surface area contributed by atoms with Crippen molar-refractivity contribution in [3.8, 4) is 6.07 Å². The summed E-state index contributed by atoms with van der Waals surface area (Å²) in [6.45, 7) is 7.66. The molecule has 0 spiro atoms. The van der Waals surface area contributed by atoms with E-state index in [9.17, 15) is 0 Å². The lowest BCUT2D eigenvalue weighted by Crippen LogP contribution is -2.06. The zero-order chi connectivity index (χ0) is 11.1. The highest BCUT2D eigenvalue weighted by molar-refractivity contribution is 5.32. The molecule has 0 aliphatic carbocycles. The maximum Gasteiger partial charge on any atom is 0.117 e. The average Bonchev–Trinajstić information content (AvgIpc) is 2.30. The van der Waals surface area contributed by atoms with Crippen LogP contribution in [0.25, 0.3) is 0 Å². The lowest BCUT2D eigenvalue weighted by atomic mass is 10.0. The van der Waals surface area contributed by atoms with Gasteiger partial charge in [-0.2, -0.15) is 5.26 Å². The molecule has 0 N–H and O–H groups in total. The molecule has 0 heterocycles. The topological polar surface area (TPSA) is 33.0 Å². The molecule has 2 nitrogen and oxygen atoms in total. The first-order valence-corrected chi connectivity index (χ1v) is 4.66. The minimum atomic E-state index is -0.366. The van der Waals surface area contributed by atoms with E-state index in [4.69, 9.17) is 10.00 Å². The Morgan fingerprint density at radius 2 is 2.13 bits per heavy atom. The van der Waals surface area contributed by atoms with Crippen LogP contribution in [0.3, 0.4) is 0 Å². The van der Waals surface area contributed by atoms with E-state index in [2.05, 4.69) is 13.2 Å². The van der Waals surface area contributed by atoms with E-state index in [1.807, 2.05) is 36.4 Å². The van der Waals surface area contributed by atoms with Crippen molar-refractivity contribution in [3.05, 3.63) is 60.7 Å². The van der Waals surface area contributed by atoms with Crippen LogP contribution >= 0.6 is 0 Å². The Kier molecular flexibility index (Phi) is 4.33. The summed E-state index contributed by atoms with van der Waals surface area (Å²) in [5.74, 6) is 0. The molecule has 76 valence electrons. The van der Waals surface area contributed by atoms with Crippen LogP contribution in [-0.2, 0) is 4.74 Å². The molecule has 0 bridgehead atoms. The summed E-state index contributed by atoms with van der Waals surface area (Å²) in [6, 6.07) is 11.6. The Balaban J connectivity index is 2.87. The maximum absolute atomic E-state index is 8.81. The highest BCUT2D eigenvalue weighted by Gasteiger charge is 2.14. The lowest BCUT2D eigenvalue weighted by molar-refractivity contribution is 0.105. The van der Waals surface area contributed by atoms with Crippen LogP contribution in [0.5, 0.6) is 0 Å². The van der Waals surface area contributed by atoms with Gasteiger partial charge >= 0.3 is 0 Å². The number of hydrogen-bond donors (Lipinski definition) is 0. The van der Waals surface area contributed by atoms with Crippen LogP contribution in [0.1, 0.15) is 11.7 Å². The molecule has 0 amide bonds. The largest absolute Gasteiger partial charge is 0.364 e. The van der Waals surface area contributed by atoms with Crippen molar-refractivity contribution in [1.82, 2.24) is 0 Å². The fourth-order valence-corrected chi connectivity index (χ4v) is 1.25. The van der Waals surface area contributed by atoms with Gasteiger partial charge in [-0.05, 0) is 5.56 Å². The monoisotopic (exact) mass is 199 g/mol. The number of benzene rings is 1. The SMILES string of the molecule is C=CCOC(C(=C)C#N)c1ccccc1. The molecule has 0 saturated carbocycles. The molecule has 15 heavy (non-hydrogen) atoms. The minimum Gasteiger partial charge on any atom is -0.364 e. The summed E-state index contributed by atoms with van der Waals surface area (Å²) >= 11 is 0. The zero-order valence-electron chi connectivity index (χ0n) is 8.52. The molecule has 1 unspecified atom stereocenters. The third kappa shape index (κ3) is 3.08. The Labute approximate surface area is 90.1 Å². The van der Waals surface area contributed by atoms with Crippen molar-refractivity contribution in [2.24, 2.45) is 0 Å². The number of nitriles is 1. The molecule has 1 atom stereocenters. The Morgan fingerprint density at radius 1 is 1.47 bits per heavy atom. The van der Waals surface area contributed by atoms with E-state index < -0.39 is 0 Å². The number of nitrogens with zero attached hydrogens (tertiary/aromatic N) is 1. The van der Waals surface area contributed by atoms with Gasteiger partial charge in [-0.3, -0.25) is 0 Å². The molecule has 1 aromatic carbocycles. The smallest absolute Gasteiger partial charge is 0.117 e. The standard InChI is InChI=1S/C13H13NO/c1-3-9-15-13(11(2)10-14)12-7-5-4-6-8-12/h3-8,13H,1-2,9H2. The fraction of sp³-hybridized carbons (Fsp3) is 0.154. The second-order valence-corrected chi connectivity index (χ2v) is 3.05. The van der Waals surface area contributed by atoms with Crippen molar-refractivity contribution in [2.75, 3.05) is 6.61 Å². The van der Waals surface area contributed by atoms with Crippen LogP contribution in [0.2, 0.25) is 0 Å². The van der Waals surface area contributed by atoms with Crippen molar-refractivity contribution < 1.29 is 4.74 Å². The van der Waals surface area contributed by atoms with Gasteiger partial charge < -0.3 is 4.74 Å². The van der Waals surface area contributed by atoms with E-state index in [1.54, 1.807) is 6.08 Å². The van der Waals surface area contributed by atoms with E-state index in [-0.39, 0.29) is 6.10 Å². The predicted octanol–water partition coefficient (Wildman–Crippen LogP) is 3.01. The first-order chi connectivity index (χ1) is 7.29. The highest BCUT2D eigenvalue weighted by Crippen LogP contribution is 2.23. The number of ether oxygens (including phenoxy) is 1. The molecule has 0 saturated heterocycles. The Morgan fingerprint density at radius 3 is 2.67 bits per heavy atom. The highest BCUT2D eigenvalue weighted by atomic mass is 16.5. The summed E-state index contributed by atoms with van der Waals surface area (Å²) < 4.78 is 5.49. The summed E-state index contributed by atoms with van der Waals surface area (Å²) in [7, 11) is 0. The van der Waals surface area contributed by atoms with E-state index in [0.717, 1.165) is 5.56 Å². The lowest BCUT2D eigenvalue weighted by Gasteiger charge is -2.15. The van der Waals surface area contributed by atoms with Gasteiger partial charge in [-0.25, -0.2) is 0 Å². The van der Waals surface area contributed by atoms with Gasteiger partial charge in [0.25, 0.3) is 0 Å². The number of rotatable bonds is 5. The van der Waals surface area contributed by atoms with Crippen LogP contribution in [0, 0.1) is 11.3 Å². The van der Waals surface area contributed by atoms with Gasteiger partial charge in [0.15, 0.2) is 0 Å². The van der Waals surface area contributed by atoms with Gasteiger partial charge in [0.2, 0.25) is 0 Å². The molecule has 1 aromatic rings. The first kappa shape index (κ1) is 11.2. The summed E-state index contributed by atoms with van der Waals surface area (Å²) in [5, 5.41) is 8.81. The predicted molar refractivity (Wildman–Crippen MR) is 60.1 cm³/mol.